The molecule has 1 aromatic heterocycles. The fourth-order valence-corrected chi connectivity index (χ4v) is 3.41. The summed E-state index contributed by atoms with van der Waals surface area (Å²) in [6.07, 6.45) is -0.287. The average Bonchev–Trinajstić information content (AvgIpc) is 3.01. The van der Waals surface area contributed by atoms with Crippen LogP contribution in [0.3, 0.4) is 0 Å². The van der Waals surface area contributed by atoms with Crippen LogP contribution in [0.5, 0.6) is 0 Å². The van der Waals surface area contributed by atoms with E-state index in [2.05, 4.69) is 10.3 Å². The summed E-state index contributed by atoms with van der Waals surface area (Å²) in [6, 6.07) is 10.1. The van der Waals surface area contributed by atoms with Gasteiger partial charge in [-0.3, -0.25) is 14.2 Å². The maximum absolute atomic E-state index is 12.3. The number of amides is 1. The van der Waals surface area contributed by atoms with Gasteiger partial charge in [0, 0.05) is 30.9 Å². The van der Waals surface area contributed by atoms with E-state index < -0.39 is 24.1 Å². The first kappa shape index (κ1) is 19.3. The summed E-state index contributed by atoms with van der Waals surface area (Å²) in [5.74, 6) is 0.0851. The Kier molecular flexibility index (Phi) is 6.04. The van der Waals surface area contributed by atoms with Crippen molar-refractivity contribution in [3.05, 3.63) is 58.6 Å². The van der Waals surface area contributed by atoms with Crippen LogP contribution in [-0.4, -0.2) is 43.6 Å². The smallest absolute Gasteiger partial charge is 0.351 e. The molecule has 0 spiro atoms. The lowest BCUT2D eigenvalue weighted by molar-refractivity contribution is -0.109. The second-order valence-corrected chi connectivity index (χ2v) is 7.25. The van der Waals surface area contributed by atoms with Crippen LogP contribution in [0.25, 0.3) is 0 Å². The van der Waals surface area contributed by atoms with Crippen molar-refractivity contribution >= 4 is 28.6 Å². The van der Waals surface area contributed by atoms with Gasteiger partial charge < -0.3 is 15.2 Å². The number of anilines is 1. The summed E-state index contributed by atoms with van der Waals surface area (Å²) in [4.78, 5) is 39.4. The maximum Gasteiger partial charge on any atom is 0.351 e. The van der Waals surface area contributed by atoms with Gasteiger partial charge in [0.15, 0.2) is 5.12 Å². The number of carbonyl (C=O) groups is 2. The number of aliphatic hydroxyl groups is 1. The van der Waals surface area contributed by atoms with Gasteiger partial charge in [0.1, 0.15) is 12.0 Å². The molecule has 1 amide bonds. The molecule has 1 aliphatic heterocycles. The monoisotopic (exact) mass is 389 g/mol. The molecule has 1 aromatic carbocycles. The second-order valence-electron chi connectivity index (χ2n) is 6.06. The lowest BCUT2D eigenvalue weighted by Gasteiger charge is -2.15. The van der Waals surface area contributed by atoms with Gasteiger partial charge in [-0.1, -0.05) is 30.0 Å². The molecule has 0 radical (unpaired) electrons. The number of carbonyl (C=O) groups excluding carboxylic acids is 2. The highest BCUT2D eigenvalue weighted by Gasteiger charge is 2.35. The molecule has 3 atom stereocenters. The minimum Gasteiger partial charge on any atom is -0.390 e. The first-order valence-electron chi connectivity index (χ1n) is 8.36. The molecule has 142 valence electrons. The summed E-state index contributed by atoms with van der Waals surface area (Å²) in [7, 11) is 0. The summed E-state index contributed by atoms with van der Waals surface area (Å²) in [6.45, 7) is 1.44. The van der Waals surface area contributed by atoms with Gasteiger partial charge >= 0.3 is 5.69 Å². The van der Waals surface area contributed by atoms with Crippen LogP contribution in [0.1, 0.15) is 29.9 Å². The van der Waals surface area contributed by atoms with Gasteiger partial charge in [-0.05, 0) is 18.2 Å². The fourth-order valence-electron chi connectivity index (χ4n) is 2.71. The average molecular weight is 389 g/mol. The molecule has 1 saturated heterocycles. The molecule has 2 aromatic rings. The third kappa shape index (κ3) is 4.82. The molecule has 1 fully saturated rings. The number of rotatable bonds is 5. The van der Waals surface area contributed by atoms with Crippen molar-refractivity contribution in [2.75, 3.05) is 11.1 Å². The number of ether oxygens (including phenoxy) is 1. The summed E-state index contributed by atoms with van der Waals surface area (Å²) in [5.41, 5.74) is -0.144. The first-order chi connectivity index (χ1) is 12.9. The molecule has 3 rings (SSSR count). The highest BCUT2D eigenvalue weighted by atomic mass is 32.2. The molecule has 9 heteroatoms. The molecular formula is C18H19N3O5S. The summed E-state index contributed by atoms with van der Waals surface area (Å²) >= 11 is 1.07. The van der Waals surface area contributed by atoms with E-state index in [1.165, 1.54) is 23.8 Å². The van der Waals surface area contributed by atoms with Gasteiger partial charge in [-0.25, -0.2) is 4.79 Å². The van der Waals surface area contributed by atoms with Crippen LogP contribution in [0, 0.1) is 0 Å². The minimum absolute atomic E-state index is 0.0633. The number of nitrogens with zero attached hydrogens (tertiary/aromatic N) is 2. The predicted molar refractivity (Wildman–Crippen MR) is 101 cm³/mol. The number of aromatic nitrogens is 2. The maximum atomic E-state index is 12.3. The zero-order valence-corrected chi connectivity index (χ0v) is 15.4. The molecule has 27 heavy (non-hydrogen) atoms. The highest BCUT2D eigenvalue weighted by molar-refractivity contribution is 8.13. The van der Waals surface area contributed by atoms with Crippen molar-refractivity contribution in [1.29, 1.82) is 0 Å². The van der Waals surface area contributed by atoms with Gasteiger partial charge in [-0.15, -0.1) is 0 Å². The zero-order chi connectivity index (χ0) is 19.4. The third-order valence-corrected chi connectivity index (χ3v) is 4.97. The lowest BCUT2D eigenvalue weighted by Crippen LogP contribution is -2.28. The Morgan fingerprint density at radius 3 is 2.74 bits per heavy atom. The van der Waals surface area contributed by atoms with Crippen LogP contribution in [0.15, 0.2) is 47.4 Å². The molecule has 0 unspecified atom stereocenters. The first-order valence-corrected chi connectivity index (χ1v) is 9.35. The standard InChI is InChI=1S/C18H19N3O5S/c1-11(22)27-10-14-13(23)9-16(26-14)21-8-7-15(20-18(21)25)19-17(24)12-5-3-2-4-6-12/h2-8,13-14,16,23H,9-10H2,1H3,(H,19,20,24,25)/t13-,14+,16+/m0/s1. The summed E-state index contributed by atoms with van der Waals surface area (Å²) in [5, 5.41) is 12.6. The SMILES string of the molecule is CC(=O)SC[C@H]1O[C@@H](n2ccc(NC(=O)c3ccccc3)nc2=O)C[C@@H]1O. The van der Waals surface area contributed by atoms with E-state index in [1.807, 2.05) is 0 Å². The van der Waals surface area contributed by atoms with Gasteiger partial charge in [0.2, 0.25) is 0 Å². The Balaban J connectivity index is 1.67. The van der Waals surface area contributed by atoms with Gasteiger partial charge in [0.05, 0.1) is 12.2 Å². The second kappa shape index (κ2) is 8.47. The van der Waals surface area contributed by atoms with E-state index in [9.17, 15) is 19.5 Å². The lowest BCUT2D eigenvalue weighted by atomic mass is 10.2. The number of nitrogens with one attached hydrogen (secondary N) is 1. The van der Waals surface area contributed by atoms with Crippen LogP contribution in [0.2, 0.25) is 0 Å². The van der Waals surface area contributed by atoms with Crippen LogP contribution >= 0.6 is 11.8 Å². The Hall–Kier alpha value is -2.49. The molecule has 8 nitrogen and oxygen atoms in total. The Morgan fingerprint density at radius 2 is 2.07 bits per heavy atom. The molecular weight excluding hydrogens is 370 g/mol. The molecule has 2 heterocycles. The van der Waals surface area contributed by atoms with Crippen LogP contribution in [-0.2, 0) is 9.53 Å². The molecule has 0 bridgehead atoms. The topological polar surface area (TPSA) is 111 Å². The molecule has 0 saturated carbocycles. The number of thioether (sulfide) groups is 1. The normalized spacial score (nSPS) is 21.8. The van der Waals surface area contributed by atoms with E-state index in [0.717, 1.165) is 11.8 Å². The van der Waals surface area contributed by atoms with E-state index in [0.29, 0.717) is 11.3 Å². The number of hydrogen-bond acceptors (Lipinski definition) is 7. The minimum atomic E-state index is -0.772. The number of benzene rings is 1. The molecule has 2 N–H and O–H groups in total. The Labute approximate surface area is 159 Å². The highest BCUT2D eigenvalue weighted by Crippen LogP contribution is 2.29. The van der Waals surface area contributed by atoms with Crippen molar-refractivity contribution < 1.29 is 19.4 Å². The summed E-state index contributed by atoms with van der Waals surface area (Å²) < 4.78 is 6.96. The largest absolute Gasteiger partial charge is 0.390 e. The zero-order valence-electron chi connectivity index (χ0n) is 14.6. The van der Waals surface area contributed by atoms with Crippen LogP contribution < -0.4 is 11.0 Å². The van der Waals surface area contributed by atoms with Gasteiger partial charge in [-0.2, -0.15) is 4.98 Å². The van der Waals surface area contributed by atoms with E-state index in [-0.39, 0.29) is 23.3 Å². The molecule has 1 aliphatic rings. The predicted octanol–water partition coefficient (Wildman–Crippen LogP) is 1.42. The van der Waals surface area contributed by atoms with E-state index >= 15 is 0 Å². The van der Waals surface area contributed by atoms with Crippen molar-refractivity contribution in [1.82, 2.24) is 9.55 Å². The molecule has 0 aliphatic carbocycles. The van der Waals surface area contributed by atoms with Crippen molar-refractivity contribution in [3.63, 3.8) is 0 Å². The van der Waals surface area contributed by atoms with E-state index in [1.54, 1.807) is 30.3 Å². The fraction of sp³-hybridized carbons (Fsp3) is 0.333. The van der Waals surface area contributed by atoms with Crippen molar-refractivity contribution in [3.8, 4) is 0 Å². The number of hydrogen-bond donors (Lipinski definition) is 2. The van der Waals surface area contributed by atoms with Gasteiger partial charge in [0.25, 0.3) is 5.91 Å². The Bertz CT molecular complexity index is 886. The quantitative estimate of drug-likeness (QED) is 0.796. The van der Waals surface area contributed by atoms with Crippen molar-refractivity contribution in [2.24, 2.45) is 0 Å². The number of aliphatic hydroxyl groups excluding tert-OH is 1. The van der Waals surface area contributed by atoms with E-state index in [4.69, 9.17) is 4.74 Å². The Morgan fingerprint density at radius 1 is 1.33 bits per heavy atom. The van der Waals surface area contributed by atoms with Crippen molar-refractivity contribution in [2.45, 2.75) is 31.8 Å². The third-order valence-electron chi connectivity index (χ3n) is 4.07. The van der Waals surface area contributed by atoms with Crippen LogP contribution in [0.4, 0.5) is 5.82 Å².